The first-order valence-electron chi connectivity index (χ1n) is 10.6. The van der Waals surface area contributed by atoms with Crippen LogP contribution in [0.3, 0.4) is 0 Å². The lowest BCUT2D eigenvalue weighted by Gasteiger charge is -2.44. The van der Waals surface area contributed by atoms with Crippen LogP contribution in [0.25, 0.3) is 0 Å². The Hall–Kier alpha value is -2.13. The van der Waals surface area contributed by atoms with Gasteiger partial charge in [0.15, 0.2) is 0 Å². The van der Waals surface area contributed by atoms with E-state index >= 15 is 0 Å². The first kappa shape index (κ1) is 19.2. The van der Waals surface area contributed by atoms with Crippen LogP contribution < -0.4 is 0 Å². The second kappa shape index (κ2) is 7.71. The van der Waals surface area contributed by atoms with Gasteiger partial charge in [-0.15, -0.1) is 0 Å². The fourth-order valence-electron chi connectivity index (χ4n) is 5.25. The van der Waals surface area contributed by atoms with Gasteiger partial charge in [-0.3, -0.25) is 4.79 Å². The molecule has 1 aliphatic carbocycles. The van der Waals surface area contributed by atoms with E-state index in [9.17, 15) is 4.79 Å². The smallest absolute Gasteiger partial charge is 0.311 e. The molecule has 0 amide bonds. The maximum atomic E-state index is 12.8. The number of esters is 1. The molecule has 28 heavy (non-hydrogen) atoms. The third-order valence-electron chi connectivity index (χ3n) is 6.87. The molecule has 0 radical (unpaired) electrons. The number of fused-ring (bicyclic) bond motifs is 1. The highest BCUT2D eigenvalue weighted by molar-refractivity contribution is 5.72. The third kappa shape index (κ3) is 3.06. The number of ether oxygens (including phenoxy) is 2. The summed E-state index contributed by atoms with van der Waals surface area (Å²) in [6, 6.07) is 21.3. The maximum absolute atomic E-state index is 12.8. The lowest BCUT2D eigenvalue weighted by molar-refractivity contribution is -0.245. The van der Waals surface area contributed by atoms with Crippen LogP contribution in [-0.4, -0.2) is 18.4 Å². The van der Waals surface area contributed by atoms with Crippen molar-refractivity contribution in [1.29, 1.82) is 0 Å². The monoisotopic (exact) mass is 378 g/mol. The summed E-state index contributed by atoms with van der Waals surface area (Å²) in [6.07, 6.45) is 4.50. The largest absolute Gasteiger partial charge is 0.432 e. The van der Waals surface area contributed by atoms with Gasteiger partial charge in [-0.1, -0.05) is 74.5 Å². The van der Waals surface area contributed by atoms with E-state index in [-0.39, 0.29) is 23.2 Å². The van der Waals surface area contributed by atoms with Crippen molar-refractivity contribution < 1.29 is 14.3 Å². The Kier molecular flexibility index (Phi) is 5.29. The van der Waals surface area contributed by atoms with Gasteiger partial charge in [0.2, 0.25) is 5.79 Å². The molecule has 1 saturated heterocycles. The highest BCUT2D eigenvalue weighted by Gasteiger charge is 2.66. The Bertz CT molecular complexity index is 750. The Morgan fingerprint density at radius 1 is 1.00 bits per heavy atom. The summed E-state index contributed by atoms with van der Waals surface area (Å²) in [7, 11) is 0. The molecule has 2 aliphatic rings. The summed E-state index contributed by atoms with van der Waals surface area (Å²) in [6.45, 7) is 4.61. The van der Waals surface area contributed by atoms with E-state index < -0.39 is 5.79 Å². The highest BCUT2D eigenvalue weighted by Crippen LogP contribution is 2.64. The van der Waals surface area contributed by atoms with Gasteiger partial charge in [0.1, 0.15) is 0 Å². The Morgan fingerprint density at radius 3 is 2.18 bits per heavy atom. The van der Waals surface area contributed by atoms with E-state index in [0.29, 0.717) is 6.61 Å². The molecule has 3 nitrogen and oxygen atoms in total. The summed E-state index contributed by atoms with van der Waals surface area (Å²) in [4.78, 5) is 12.8. The average molecular weight is 379 g/mol. The van der Waals surface area contributed by atoms with Crippen LogP contribution in [0, 0.1) is 11.3 Å². The zero-order chi connectivity index (χ0) is 19.6. The lowest BCUT2D eigenvalue weighted by atomic mass is 9.64. The zero-order valence-electron chi connectivity index (χ0n) is 16.9. The molecule has 3 atom stereocenters. The van der Waals surface area contributed by atoms with Crippen molar-refractivity contribution in [2.45, 2.75) is 57.7 Å². The molecule has 2 aromatic carbocycles. The second-order valence-electron chi connectivity index (χ2n) is 8.35. The quantitative estimate of drug-likeness (QED) is 0.605. The van der Waals surface area contributed by atoms with Crippen LogP contribution in [-0.2, 0) is 14.3 Å². The van der Waals surface area contributed by atoms with E-state index in [2.05, 4.69) is 60.7 Å². The number of carbonyl (C=O) groups excluding carboxylic acids is 1. The number of rotatable bonds is 6. The van der Waals surface area contributed by atoms with Crippen molar-refractivity contribution in [2.75, 3.05) is 6.61 Å². The Balaban J connectivity index is 1.81. The van der Waals surface area contributed by atoms with Crippen LogP contribution in [0.5, 0.6) is 0 Å². The van der Waals surface area contributed by atoms with Crippen LogP contribution in [0.2, 0.25) is 0 Å². The van der Waals surface area contributed by atoms with Gasteiger partial charge < -0.3 is 9.47 Å². The van der Waals surface area contributed by atoms with Crippen LogP contribution >= 0.6 is 0 Å². The molecule has 148 valence electrons. The maximum Gasteiger partial charge on any atom is 0.311 e. The van der Waals surface area contributed by atoms with E-state index in [1.54, 1.807) is 0 Å². The number of hydrogen-bond donors (Lipinski definition) is 0. The standard InChI is InChI=1S/C25H30O3/c1-3-19(2)23(26)28-25-16-10-15-24(25,17-18-27-25)22(20-11-6-4-7-12-20)21-13-8-5-9-14-21/h4-9,11-14,19,22H,3,10,15-18H2,1-2H3. The first-order valence-corrected chi connectivity index (χ1v) is 10.6. The fraction of sp³-hybridized carbons (Fsp3) is 0.480. The van der Waals surface area contributed by atoms with Gasteiger partial charge in [-0.05, 0) is 36.8 Å². The number of benzene rings is 2. The minimum Gasteiger partial charge on any atom is -0.432 e. The van der Waals surface area contributed by atoms with Crippen LogP contribution in [0.1, 0.15) is 63.0 Å². The molecule has 1 aliphatic heterocycles. The summed E-state index contributed by atoms with van der Waals surface area (Å²) >= 11 is 0. The lowest BCUT2D eigenvalue weighted by Crippen LogP contribution is -2.49. The number of hydrogen-bond acceptors (Lipinski definition) is 3. The van der Waals surface area contributed by atoms with Gasteiger partial charge in [0.25, 0.3) is 0 Å². The van der Waals surface area contributed by atoms with Crippen LogP contribution in [0.4, 0.5) is 0 Å². The molecule has 1 saturated carbocycles. The Labute approximate surface area is 168 Å². The summed E-state index contributed by atoms with van der Waals surface area (Å²) in [5, 5.41) is 0. The minimum atomic E-state index is -0.816. The van der Waals surface area contributed by atoms with Crippen LogP contribution in [0.15, 0.2) is 60.7 Å². The van der Waals surface area contributed by atoms with Crippen molar-refractivity contribution in [2.24, 2.45) is 11.3 Å². The average Bonchev–Trinajstić information content (AvgIpc) is 3.24. The molecule has 0 N–H and O–H groups in total. The van der Waals surface area contributed by atoms with Crippen molar-refractivity contribution >= 4 is 5.97 Å². The molecule has 3 unspecified atom stereocenters. The summed E-state index contributed by atoms with van der Waals surface area (Å²) in [5.74, 6) is -0.909. The summed E-state index contributed by atoms with van der Waals surface area (Å²) in [5.41, 5.74) is 2.31. The van der Waals surface area contributed by atoms with Crippen molar-refractivity contribution in [3.63, 3.8) is 0 Å². The van der Waals surface area contributed by atoms with E-state index in [4.69, 9.17) is 9.47 Å². The van der Waals surface area contributed by atoms with Gasteiger partial charge in [0.05, 0.1) is 12.5 Å². The molecular weight excluding hydrogens is 348 g/mol. The van der Waals surface area contributed by atoms with Crippen molar-refractivity contribution in [3.05, 3.63) is 71.8 Å². The van der Waals surface area contributed by atoms with Gasteiger partial charge >= 0.3 is 5.97 Å². The molecule has 2 fully saturated rings. The zero-order valence-corrected chi connectivity index (χ0v) is 16.9. The van der Waals surface area contributed by atoms with Gasteiger partial charge in [-0.2, -0.15) is 0 Å². The molecule has 2 aromatic rings. The predicted molar refractivity (Wildman–Crippen MR) is 110 cm³/mol. The van der Waals surface area contributed by atoms with Gasteiger partial charge in [0, 0.05) is 17.8 Å². The molecule has 4 rings (SSSR count). The minimum absolute atomic E-state index is 0.108. The van der Waals surface area contributed by atoms with Crippen molar-refractivity contribution in [1.82, 2.24) is 0 Å². The predicted octanol–water partition coefficient (Wildman–Crippen LogP) is 5.69. The van der Waals surface area contributed by atoms with E-state index in [1.807, 2.05) is 13.8 Å². The normalized spacial score (nSPS) is 27.5. The second-order valence-corrected chi connectivity index (χ2v) is 8.35. The molecule has 0 spiro atoms. The van der Waals surface area contributed by atoms with Crippen molar-refractivity contribution in [3.8, 4) is 0 Å². The molecular formula is C25H30O3. The third-order valence-corrected chi connectivity index (χ3v) is 6.87. The topological polar surface area (TPSA) is 35.5 Å². The number of carbonyl (C=O) groups is 1. The molecule has 0 aromatic heterocycles. The molecule has 0 bridgehead atoms. The molecule has 3 heteroatoms. The summed E-state index contributed by atoms with van der Waals surface area (Å²) < 4.78 is 12.6. The Morgan fingerprint density at radius 2 is 1.61 bits per heavy atom. The fourth-order valence-corrected chi connectivity index (χ4v) is 5.25. The SMILES string of the molecule is CCC(C)C(=O)OC12CCCC1(C(c1ccccc1)c1ccccc1)CCO2. The van der Waals surface area contributed by atoms with E-state index in [0.717, 1.165) is 32.1 Å². The van der Waals surface area contributed by atoms with Gasteiger partial charge in [-0.25, -0.2) is 0 Å². The highest BCUT2D eigenvalue weighted by atomic mass is 16.7. The molecule has 1 heterocycles. The van der Waals surface area contributed by atoms with E-state index in [1.165, 1.54) is 11.1 Å². The first-order chi connectivity index (χ1) is 13.6.